The first-order valence-corrected chi connectivity index (χ1v) is 7.43. The number of nitrogens with two attached hydrogens (primary N) is 1. The lowest BCUT2D eigenvalue weighted by Gasteiger charge is -2.55. The van der Waals surface area contributed by atoms with E-state index in [-0.39, 0.29) is 11.0 Å². The summed E-state index contributed by atoms with van der Waals surface area (Å²) in [6.07, 6.45) is 7.56. The molecular weight excluding hydrogens is 224 g/mol. The van der Waals surface area contributed by atoms with Gasteiger partial charge in [-0.3, -0.25) is 4.79 Å². The normalized spacial score (nSPS) is 42.1. The highest BCUT2D eigenvalue weighted by Gasteiger charge is 2.54. The minimum absolute atomic E-state index is 0.0278. The summed E-state index contributed by atoms with van der Waals surface area (Å²) in [6.45, 7) is 4.52. The Morgan fingerprint density at radius 3 is 2.00 bits per heavy atom. The molecule has 0 unspecified atom stereocenters. The maximum atomic E-state index is 12.6. The van der Waals surface area contributed by atoms with Crippen LogP contribution in [-0.4, -0.2) is 18.0 Å². The van der Waals surface area contributed by atoms with E-state index in [4.69, 9.17) is 5.73 Å². The summed E-state index contributed by atoms with van der Waals surface area (Å²) in [5, 5.41) is 3.12. The molecule has 3 nitrogen and oxygen atoms in total. The Kier molecular flexibility index (Phi) is 2.74. The molecule has 18 heavy (non-hydrogen) atoms. The summed E-state index contributed by atoms with van der Waals surface area (Å²) in [6, 6.07) is 0. The van der Waals surface area contributed by atoms with Crippen molar-refractivity contribution in [2.75, 3.05) is 6.54 Å². The topological polar surface area (TPSA) is 55.1 Å². The fourth-order valence-corrected chi connectivity index (χ4v) is 4.88. The Morgan fingerprint density at radius 1 is 1.17 bits per heavy atom. The predicted octanol–water partition coefficient (Wildman–Crippen LogP) is 2.06. The van der Waals surface area contributed by atoms with Crippen LogP contribution in [0, 0.1) is 23.2 Å². The third kappa shape index (κ3) is 2.18. The quantitative estimate of drug-likeness (QED) is 0.805. The SMILES string of the molecule is CC(C)(N)CNC(=O)C12CC3CC(CC(C3)C1)C2. The van der Waals surface area contributed by atoms with Crippen LogP contribution in [0.25, 0.3) is 0 Å². The molecular formula is C15H26N2O. The molecule has 0 aromatic rings. The first-order valence-electron chi connectivity index (χ1n) is 7.43. The lowest BCUT2D eigenvalue weighted by Crippen LogP contribution is -2.56. The molecule has 4 aliphatic carbocycles. The van der Waals surface area contributed by atoms with Gasteiger partial charge in [-0.15, -0.1) is 0 Å². The highest BCUT2D eigenvalue weighted by atomic mass is 16.2. The molecule has 4 bridgehead atoms. The molecule has 0 saturated heterocycles. The van der Waals surface area contributed by atoms with Gasteiger partial charge in [0.1, 0.15) is 0 Å². The zero-order valence-corrected chi connectivity index (χ0v) is 11.7. The van der Waals surface area contributed by atoms with E-state index in [1.165, 1.54) is 19.3 Å². The van der Waals surface area contributed by atoms with Crippen molar-refractivity contribution in [1.82, 2.24) is 5.32 Å². The summed E-state index contributed by atoms with van der Waals surface area (Å²) >= 11 is 0. The molecule has 1 amide bonds. The number of hydrogen-bond donors (Lipinski definition) is 2. The highest BCUT2D eigenvalue weighted by molar-refractivity contribution is 5.83. The van der Waals surface area contributed by atoms with Crippen molar-refractivity contribution in [3.63, 3.8) is 0 Å². The second-order valence-electron chi connectivity index (χ2n) is 7.87. The van der Waals surface area contributed by atoms with Gasteiger partial charge in [0, 0.05) is 17.5 Å². The molecule has 4 saturated carbocycles. The summed E-state index contributed by atoms with van der Waals surface area (Å²) in [7, 11) is 0. The van der Waals surface area contributed by atoms with E-state index in [1.807, 2.05) is 13.8 Å². The monoisotopic (exact) mass is 250 g/mol. The van der Waals surface area contributed by atoms with Crippen LogP contribution >= 0.6 is 0 Å². The number of carbonyl (C=O) groups is 1. The molecule has 0 heterocycles. The van der Waals surface area contributed by atoms with Gasteiger partial charge in [-0.1, -0.05) is 0 Å². The lowest BCUT2D eigenvalue weighted by molar-refractivity contribution is -0.146. The lowest BCUT2D eigenvalue weighted by atomic mass is 9.49. The first kappa shape index (κ1) is 12.5. The van der Waals surface area contributed by atoms with Gasteiger partial charge >= 0.3 is 0 Å². The third-order valence-corrected chi connectivity index (χ3v) is 5.22. The van der Waals surface area contributed by atoms with E-state index < -0.39 is 0 Å². The second kappa shape index (κ2) is 3.96. The molecule has 3 N–H and O–H groups in total. The smallest absolute Gasteiger partial charge is 0.226 e. The number of carbonyl (C=O) groups excluding carboxylic acids is 1. The summed E-state index contributed by atoms with van der Waals surface area (Å²) < 4.78 is 0. The van der Waals surface area contributed by atoms with Crippen molar-refractivity contribution in [1.29, 1.82) is 0 Å². The Bertz CT molecular complexity index is 321. The molecule has 3 heteroatoms. The van der Waals surface area contributed by atoms with E-state index in [0.717, 1.165) is 37.0 Å². The maximum absolute atomic E-state index is 12.6. The zero-order valence-electron chi connectivity index (χ0n) is 11.7. The Balaban J connectivity index is 1.69. The second-order valence-corrected chi connectivity index (χ2v) is 7.87. The molecule has 0 atom stereocenters. The molecule has 0 aromatic carbocycles. The van der Waals surface area contributed by atoms with Crippen LogP contribution in [0.4, 0.5) is 0 Å². The van der Waals surface area contributed by atoms with Gasteiger partial charge in [0.25, 0.3) is 0 Å². The predicted molar refractivity (Wildman–Crippen MR) is 71.9 cm³/mol. The minimum Gasteiger partial charge on any atom is -0.354 e. The van der Waals surface area contributed by atoms with Crippen molar-refractivity contribution < 1.29 is 4.79 Å². The third-order valence-electron chi connectivity index (χ3n) is 5.22. The van der Waals surface area contributed by atoms with E-state index >= 15 is 0 Å². The van der Waals surface area contributed by atoms with E-state index in [1.54, 1.807) is 0 Å². The maximum Gasteiger partial charge on any atom is 0.226 e. The first-order chi connectivity index (χ1) is 8.36. The van der Waals surface area contributed by atoms with E-state index in [9.17, 15) is 4.79 Å². The van der Waals surface area contributed by atoms with Crippen LogP contribution in [0.1, 0.15) is 52.4 Å². The van der Waals surface area contributed by atoms with Gasteiger partial charge in [0.15, 0.2) is 0 Å². The van der Waals surface area contributed by atoms with Crippen molar-refractivity contribution in [3.8, 4) is 0 Å². The van der Waals surface area contributed by atoms with Crippen LogP contribution < -0.4 is 11.1 Å². The molecule has 4 rings (SSSR count). The average molecular weight is 250 g/mol. The zero-order chi connectivity index (χ0) is 13.0. The van der Waals surface area contributed by atoms with E-state index in [2.05, 4.69) is 5.32 Å². The average Bonchev–Trinajstić information content (AvgIpc) is 2.22. The van der Waals surface area contributed by atoms with Gasteiger partial charge in [-0.05, 0) is 70.1 Å². The molecule has 102 valence electrons. The van der Waals surface area contributed by atoms with Crippen LogP contribution in [0.15, 0.2) is 0 Å². The van der Waals surface area contributed by atoms with Gasteiger partial charge in [-0.25, -0.2) is 0 Å². The van der Waals surface area contributed by atoms with Crippen molar-refractivity contribution >= 4 is 5.91 Å². The largest absolute Gasteiger partial charge is 0.354 e. The van der Waals surface area contributed by atoms with Crippen LogP contribution in [0.3, 0.4) is 0 Å². The molecule has 4 aliphatic rings. The van der Waals surface area contributed by atoms with Crippen LogP contribution in [-0.2, 0) is 4.79 Å². The Hall–Kier alpha value is -0.570. The summed E-state index contributed by atoms with van der Waals surface area (Å²) in [5.74, 6) is 2.77. The Labute approximate surface area is 110 Å². The Morgan fingerprint density at radius 2 is 1.61 bits per heavy atom. The molecule has 0 aromatic heterocycles. The summed E-state index contributed by atoms with van der Waals surface area (Å²) in [5.41, 5.74) is 5.63. The molecule has 0 aliphatic heterocycles. The fourth-order valence-electron chi connectivity index (χ4n) is 4.88. The van der Waals surface area contributed by atoms with Gasteiger partial charge in [0.2, 0.25) is 5.91 Å². The number of hydrogen-bond acceptors (Lipinski definition) is 2. The molecule has 4 fully saturated rings. The summed E-state index contributed by atoms with van der Waals surface area (Å²) in [4.78, 5) is 12.6. The van der Waals surface area contributed by atoms with Gasteiger partial charge < -0.3 is 11.1 Å². The van der Waals surface area contributed by atoms with Gasteiger partial charge in [-0.2, -0.15) is 0 Å². The van der Waals surface area contributed by atoms with Crippen LogP contribution in [0.5, 0.6) is 0 Å². The van der Waals surface area contributed by atoms with Crippen molar-refractivity contribution in [2.45, 2.75) is 57.9 Å². The minimum atomic E-state index is -0.308. The van der Waals surface area contributed by atoms with Crippen molar-refractivity contribution in [3.05, 3.63) is 0 Å². The highest BCUT2D eigenvalue weighted by Crippen LogP contribution is 2.60. The molecule has 0 radical (unpaired) electrons. The number of amides is 1. The van der Waals surface area contributed by atoms with E-state index in [0.29, 0.717) is 12.5 Å². The standard InChI is InChI=1S/C15H26N2O/c1-14(2,16)9-17-13(18)15-6-10-3-11(7-15)5-12(4-10)8-15/h10-12H,3-9,16H2,1-2H3,(H,17,18). The number of nitrogens with one attached hydrogen (secondary N) is 1. The molecule has 0 spiro atoms. The van der Waals surface area contributed by atoms with Crippen LogP contribution in [0.2, 0.25) is 0 Å². The fraction of sp³-hybridized carbons (Fsp3) is 0.933. The van der Waals surface area contributed by atoms with Crippen molar-refractivity contribution in [2.24, 2.45) is 28.9 Å². The van der Waals surface area contributed by atoms with Gasteiger partial charge in [0.05, 0.1) is 0 Å². The number of rotatable bonds is 3.